The van der Waals surface area contributed by atoms with Gasteiger partial charge in [0.1, 0.15) is 11.6 Å². The highest BCUT2D eigenvalue weighted by atomic mass is 35.5. The van der Waals surface area contributed by atoms with Crippen molar-refractivity contribution in [2.45, 2.75) is 43.5 Å². The first-order valence-electron chi connectivity index (χ1n) is 9.73. The van der Waals surface area contributed by atoms with Crippen LogP contribution in [0.1, 0.15) is 25.1 Å². The Kier molecular flexibility index (Phi) is 6.04. The van der Waals surface area contributed by atoms with Crippen LogP contribution in [0.2, 0.25) is 5.02 Å². The Hall–Kier alpha value is -2.79. The lowest BCUT2D eigenvalue weighted by atomic mass is 10.2. The molecule has 1 N–H and O–H groups in total. The molecule has 0 bridgehead atoms. The van der Waals surface area contributed by atoms with Crippen molar-refractivity contribution in [3.8, 4) is 17.1 Å². The molecule has 7 nitrogen and oxygen atoms in total. The van der Waals surface area contributed by atoms with E-state index in [9.17, 15) is 21.6 Å². The van der Waals surface area contributed by atoms with Gasteiger partial charge in [-0.3, -0.25) is 4.72 Å². The molecule has 0 aliphatic carbocycles. The second-order valence-electron chi connectivity index (χ2n) is 7.22. The van der Waals surface area contributed by atoms with Gasteiger partial charge in [0.05, 0.1) is 9.92 Å². The Morgan fingerprint density at radius 1 is 1.06 bits per heavy atom. The molecule has 0 unspecified atom stereocenters. The summed E-state index contributed by atoms with van der Waals surface area (Å²) in [5, 5.41) is 8.84. The van der Waals surface area contributed by atoms with Crippen molar-refractivity contribution in [3.63, 3.8) is 0 Å². The fraction of sp³-hybridized carbons (Fsp3) is 0.300. The van der Waals surface area contributed by atoms with E-state index in [1.54, 1.807) is 0 Å². The summed E-state index contributed by atoms with van der Waals surface area (Å²) in [7, 11) is -4.20. The molecule has 0 radical (unpaired) electrons. The van der Waals surface area contributed by atoms with Gasteiger partial charge in [-0.05, 0) is 43.2 Å². The Morgan fingerprint density at radius 3 is 2.66 bits per heavy atom. The quantitative estimate of drug-likeness (QED) is 0.547. The average Bonchev–Trinajstić information content (AvgIpc) is 2.96. The lowest BCUT2D eigenvalue weighted by Crippen LogP contribution is -2.18. The van der Waals surface area contributed by atoms with Gasteiger partial charge in [0, 0.05) is 30.3 Å². The van der Waals surface area contributed by atoms with Crippen LogP contribution in [0.25, 0.3) is 11.4 Å². The van der Waals surface area contributed by atoms with Gasteiger partial charge in [0.25, 0.3) is 10.0 Å². The molecule has 32 heavy (non-hydrogen) atoms. The maximum atomic E-state index is 12.8. The summed E-state index contributed by atoms with van der Waals surface area (Å²) in [6.07, 6.45) is -1.07. The maximum absolute atomic E-state index is 12.8. The van der Waals surface area contributed by atoms with E-state index < -0.39 is 22.1 Å². The highest BCUT2D eigenvalue weighted by molar-refractivity contribution is 7.92. The summed E-state index contributed by atoms with van der Waals surface area (Å²) >= 11 is 6.36. The summed E-state index contributed by atoms with van der Waals surface area (Å²) in [5.41, 5.74) is 0.680. The third-order valence-corrected chi connectivity index (χ3v) is 6.63. The van der Waals surface area contributed by atoms with Gasteiger partial charge >= 0.3 is 6.36 Å². The molecule has 0 saturated carbocycles. The molecule has 12 heteroatoms. The van der Waals surface area contributed by atoms with Crippen LogP contribution in [-0.4, -0.2) is 29.5 Å². The largest absolute Gasteiger partial charge is 0.573 e. The van der Waals surface area contributed by atoms with E-state index in [0.717, 1.165) is 56.3 Å². The molecule has 0 fully saturated rings. The van der Waals surface area contributed by atoms with Crippen LogP contribution in [0, 0.1) is 0 Å². The Bertz CT molecular complexity index is 1250. The fourth-order valence-electron chi connectivity index (χ4n) is 3.50. The highest BCUT2D eigenvalue weighted by Gasteiger charge is 2.31. The maximum Gasteiger partial charge on any atom is 0.573 e. The minimum atomic E-state index is -4.93. The Morgan fingerprint density at radius 2 is 1.88 bits per heavy atom. The van der Waals surface area contributed by atoms with Gasteiger partial charge in [-0.1, -0.05) is 24.1 Å². The number of nitrogens with one attached hydrogen (secondary N) is 1. The van der Waals surface area contributed by atoms with Gasteiger partial charge in [0.15, 0.2) is 5.82 Å². The number of halogens is 4. The molecule has 4 rings (SSSR count). The molecule has 1 aliphatic heterocycles. The first kappa shape index (κ1) is 22.4. The van der Waals surface area contributed by atoms with Crippen molar-refractivity contribution >= 4 is 27.3 Å². The van der Waals surface area contributed by atoms with Crippen LogP contribution in [0.4, 0.5) is 18.9 Å². The smallest absolute Gasteiger partial charge is 0.406 e. The molecule has 170 valence electrons. The van der Waals surface area contributed by atoms with Gasteiger partial charge < -0.3 is 9.30 Å². The number of hydrogen-bond acceptors (Lipinski definition) is 5. The van der Waals surface area contributed by atoms with E-state index in [2.05, 4.69) is 19.7 Å². The average molecular weight is 487 g/mol. The zero-order chi connectivity index (χ0) is 22.9. The standard InChI is InChI=1S/C20H18ClF3N4O3S/c21-17-9-8-13(11-16(17)19-26-25-18-7-2-1-3-10-28(18)19)27-32(29,30)15-6-4-5-14(12-15)31-20(22,23)24/h4-6,8-9,11-12,27H,1-3,7,10H2. The summed E-state index contributed by atoms with van der Waals surface area (Å²) < 4.78 is 71.1. The van der Waals surface area contributed by atoms with Crippen molar-refractivity contribution in [1.82, 2.24) is 14.8 Å². The zero-order valence-corrected chi connectivity index (χ0v) is 18.1. The Labute approximate surface area is 187 Å². The number of alkyl halides is 3. The van der Waals surface area contributed by atoms with E-state index in [-0.39, 0.29) is 10.6 Å². The molecular weight excluding hydrogens is 469 g/mol. The second-order valence-corrected chi connectivity index (χ2v) is 9.31. The molecular formula is C20H18ClF3N4O3S. The van der Waals surface area contributed by atoms with E-state index in [1.807, 2.05) is 4.57 Å². The van der Waals surface area contributed by atoms with Crippen molar-refractivity contribution in [2.24, 2.45) is 0 Å². The number of hydrogen-bond donors (Lipinski definition) is 1. The minimum Gasteiger partial charge on any atom is -0.406 e. The molecule has 2 heterocycles. The number of ether oxygens (including phenoxy) is 1. The van der Waals surface area contributed by atoms with Crippen LogP contribution in [0.15, 0.2) is 47.4 Å². The predicted molar refractivity (Wildman–Crippen MR) is 112 cm³/mol. The number of anilines is 1. The molecule has 0 spiro atoms. The second kappa shape index (κ2) is 8.62. The topological polar surface area (TPSA) is 86.1 Å². The van der Waals surface area contributed by atoms with E-state index in [0.29, 0.717) is 16.4 Å². The van der Waals surface area contributed by atoms with Crippen molar-refractivity contribution in [3.05, 3.63) is 53.3 Å². The molecule has 0 saturated heterocycles. The molecule has 1 aromatic heterocycles. The zero-order valence-electron chi connectivity index (χ0n) is 16.6. The van der Waals surface area contributed by atoms with Crippen LogP contribution in [0.5, 0.6) is 5.75 Å². The number of nitrogens with zero attached hydrogens (tertiary/aromatic N) is 3. The lowest BCUT2D eigenvalue weighted by molar-refractivity contribution is -0.274. The van der Waals surface area contributed by atoms with E-state index in [1.165, 1.54) is 24.3 Å². The molecule has 0 amide bonds. The fourth-order valence-corrected chi connectivity index (χ4v) is 4.78. The third kappa shape index (κ3) is 4.99. The SMILES string of the molecule is O=S(=O)(Nc1ccc(Cl)c(-c2nnc3n2CCCCC3)c1)c1cccc(OC(F)(F)F)c1. The van der Waals surface area contributed by atoms with Gasteiger partial charge in [-0.25, -0.2) is 8.42 Å². The van der Waals surface area contributed by atoms with Crippen LogP contribution >= 0.6 is 11.6 Å². The number of aryl methyl sites for hydroxylation is 1. The summed E-state index contributed by atoms with van der Waals surface area (Å²) in [6.45, 7) is 0.732. The predicted octanol–water partition coefficient (Wildman–Crippen LogP) is 5.02. The van der Waals surface area contributed by atoms with Crippen molar-refractivity contribution in [1.29, 1.82) is 0 Å². The van der Waals surface area contributed by atoms with Gasteiger partial charge in [-0.2, -0.15) is 0 Å². The molecule has 3 aromatic rings. The van der Waals surface area contributed by atoms with E-state index in [4.69, 9.17) is 11.6 Å². The van der Waals surface area contributed by atoms with Gasteiger partial charge in [-0.15, -0.1) is 23.4 Å². The van der Waals surface area contributed by atoms with Crippen LogP contribution in [-0.2, 0) is 23.0 Å². The number of aromatic nitrogens is 3. The number of rotatable bonds is 5. The summed E-state index contributed by atoms with van der Waals surface area (Å²) in [4.78, 5) is -0.382. The molecule has 1 aliphatic rings. The normalized spacial score (nSPS) is 14.5. The number of benzene rings is 2. The number of fused-ring (bicyclic) bond motifs is 1. The monoisotopic (exact) mass is 486 g/mol. The Balaban J connectivity index is 1.64. The molecule has 0 atom stereocenters. The van der Waals surface area contributed by atoms with Crippen molar-refractivity contribution < 1.29 is 26.3 Å². The van der Waals surface area contributed by atoms with Crippen LogP contribution < -0.4 is 9.46 Å². The van der Waals surface area contributed by atoms with E-state index >= 15 is 0 Å². The lowest BCUT2D eigenvalue weighted by Gasteiger charge is -2.13. The third-order valence-electron chi connectivity index (χ3n) is 4.92. The first-order chi connectivity index (χ1) is 15.1. The number of sulfonamides is 1. The first-order valence-corrected chi connectivity index (χ1v) is 11.6. The summed E-state index contributed by atoms with van der Waals surface area (Å²) in [6, 6.07) is 8.65. The molecule has 2 aromatic carbocycles. The minimum absolute atomic E-state index is 0.178. The summed E-state index contributed by atoms with van der Waals surface area (Å²) in [5.74, 6) is 0.748. The highest BCUT2D eigenvalue weighted by Crippen LogP contribution is 2.32. The van der Waals surface area contributed by atoms with Gasteiger partial charge in [0.2, 0.25) is 0 Å². The van der Waals surface area contributed by atoms with Crippen LogP contribution in [0.3, 0.4) is 0 Å². The van der Waals surface area contributed by atoms with Crippen molar-refractivity contribution in [2.75, 3.05) is 4.72 Å².